The van der Waals surface area contributed by atoms with Gasteiger partial charge >= 0.3 is 0 Å². The van der Waals surface area contributed by atoms with Crippen LogP contribution in [0.3, 0.4) is 0 Å². The van der Waals surface area contributed by atoms with Crippen molar-refractivity contribution in [2.24, 2.45) is 4.99 Å². The van der Waals surface area contributed by atoms with E-state index in [1.807, 2.05) is 24.3 Å². The lowest BCUT2D eigenvalue weighted by atomic mass is 10.2. The number of guanidine groups is 1. The molecule has 0 aliphatic rings. The predicted molar refractivity (Wildman–Crippen MR) is 102 cm³/mol. The maximum absolute atomic E-state index is 5.65. The fourth-order valence-corrected chi connectivity index (χ4v) is 1.76. The van der Waals surface area contributed by atoms with E-state index in [4.69, 9.17) is 9.47 Å². The van der Waals surface area contributed by atoms with E-state index in [0.717, 1.165) is 49.8 Å². The van der Waals surface area contributed by atoms with Crippen LogP contribution in [0.25, 0.3) is 0 Å². The van der Waals surface area contributed by atoms with E-state index in [2.05, 4.69) is 22.5 Å². The topological polar surface area (TPSA) is 54.9 Å². The molecular weight excluding hydrogens is 393 g/mol. The minimum Gasteiger partial charge on any atom is -0.497 e. The largest absolute Gasteiger partial charge is 0.497 e. The first-order valence-electron chi connectivity index (χ1n) is 7.45. The van der Waals surface area contributed by atoms with E-state index < -0.39 is 0 Å². The summed E-state index contributed by atoms with van der Waals surface area (Å²) in [6, 6.07) is 7.94. The minimum atomic E-state index is 0. The SMILES string of the molecule is CCCNC(=NC)NCCCOCc1ccc(OC)cc1.I. The van der Waals surface area contributed by atoms with Gasteiger partial charge in [-0.2, -0.15) is 0 Å². The Balaban J connectivity index is 0.00000441. The monoisotopic (exact) mass is 421 g/mol. The van der Waals surface area contributed by atoms with Crippen LogP contribution in [0.2, 0.25) is 0 Å². The summed E-state index contributed by atoms with van der Waals surface area (Å²) in [6.07, 6.45) is 2.04. The molecule has 0 saturated carbocycles. The van der Waals surface area contributed by atoms with Gasteiger partial charge in [-0.05, 0) is 30.5 Å². The van der Waals surface area contributed by atoms with Gasteiger partial charge in [0.05, 0.1) is 13.7 Å². The number of hydrogen-bond donors (Lipinski definition) is 2. The molecule has 126 valence electrons. The summed E-state index contributed by atoms with van der Waals surface area (Å²) in [4.78, 5) is 4.15. The molecule has 2 N–H and O–H groups in total. The Hall–Kier alpha value is -1.02. The van der Waals surface area contributed by atoms with Gasteiger partial charge in [-0.15, -0.1) is 24.0 Å². The molecule has 0 bridgehead atoms. The fourth-order valence-electron chi connectivity index (χ4n) is 1.76. The minimum absolute atomic E-state index is 0. The smallest absolute Gasteiger partial charge is 0.190 e. The van der Waals surface area contributed by atoms with Crippen LogP contribution >= 0.6 is 24.0 Å². The third kappa shape index (κ3) is 9.09. The molecule has 1 rings (SSSR count). The van der Waals surface area contributed by atoms with E-state index in [1.165, 1.54) is 0 Å². The first kappa shape index (κ1) is 21.0. The lowest BCUT2D eigenvalue weighted by molar-refractivity contribution is 0.119. The molecule has 0 saturated heterocycles. The van der Waals surface area contributed by atoms with Crippen molar-refractivity contribution in [2.75, 3.05) is 33.9 Å². The Bertz CT molecular complexity index is 410. The molecule has 1 aromatic rings. The number of rotatable bonds is 9. The molecule has 0 unspecified atom stereocenters. The Morgan fingerprint density at radius 2 is 1.82 bits per heavy atom. The van der Waals surface area contributed by atoms with Crippen LogP contribution in [0.4, 0.5) is 0 Å². The maximum Gasteiger partial charge on any atom is 0.190 e. The number of hydrogen-bond acceptors (Lipinski definition) is 3. The highest BCUT2D eigenvalue weighted by Gasteiger charge is 1.97. The summed E-state index contributed by atoms with van der Waals surface area (Å²) in [7, 11) is 3.45. The van der Waals surface area contributed by atoms with Gasteiger partial charge in [0, 0.05) is 26.7 Å². The molecule has 0 aromatic heterocycles. The van der Waals surface area contributed by atoms with Gasteiger partial charge < -0.3 is 20.1 Å². The van der Waals surface area contributed by atoms with Gasteiger partial charge in [-0.25, -0.2) is 0 Å². The molecular formula is C16H28IN3O2. The van der Waals surface area contributed by atoms with Crippen molar-refractivity contribution in [3.8, 4) is 5.75 Å². The van der Waals surface area contributed by atoms with Gasteiger partial charge in [0.1, 0.15) is 5.75 Å². The zero-order valence-corrected chi connectivity index (χ0v) is 16.1. The maximum atomic E-state index is 5.65. The van der Waals surface area contributed by atoms with Crippen molar-refractivity contribution >= 4 is 29.9 Å². The normalized spacial score (nSPS) is 10.8. The highest BCUT2D eigenvalue weighted by molar-refractivity contribution is 14.0. The van der Waals surface area contributed by atoms with Crippen LogP contribution in [0.1, 0.15) is 25.3 Å². The fraction of sp³-hybridized carbons (Fsp3) is 0.562. The molecule has 0 aliphatic carbocycles. The summed E-state index contributed by atoms with van der Waals surface area (Å²) in [5, 5.41) is 6.49. The highest BCUT2D eigenvalue weighted by atomic mass is 127. The first-order valence-corrected chi connectivity index (χ1v) is 7.45. The van der Waals surface area contributed by atoms with Crippen LogP contribution in [0.15, 0.2) is 29.3 Å². The summed E-state index contributed by atoms with van der Waals surface area (Å²) < 4.78 is 10.8. The van der Waals surface area contributed by atoms with Crippen molar-refractivity contribution in [2.45, 2.75) is 26.4 Å². The van der Waals surface area contributed by atoms with Crippen LogP contribution < -0.4 is 15.4 Å². The molecule has 0 heterocycles. The summed E-state index contributed by atoms with van der Waals surface area (Å²) in [6.45, 7) is 5.28. The van der Waals surface area contributed by atoms with Crippen molar-refractivity contribution < 1.29 is 9.47 Å². The van der Waals surface area contributed by atoms with Crippen molar-refractivity contribution in [3.63, 3.8) is 0 Å². The van der Waals surface area contributed by atoms with E-state index in [9.17, 15) is 0 Å². The molecule has 0 amide bonds. The summed E-state index contributed by atoms with van der Waals surface area (Å²) in [5.74, 6) is 1.72. The van der Waals surface area contributed by atoms with Gasteiger partial charge in [0.15, 0.2) is 5.96 Å². The Kier molecular flexibility index (Phi) is 13.0. The standard InChI is InChI=1S/C16H27N3O2.HI/c1-4-10-18-16(17-2)19-11-5-12-21-13-14-6-8-15(20-3)9-7-14;/h6-9H,4-5,10-13H2,1-3H3,(H2,17,18,19);1H. The third-order valence-electron chi connectivity index (χ3n) is 2.95. The molecule has 22 heavy (non-hydrogen) atoms. The second-order valence-electron chi connectivity index (χ2n) is 4.68. The lowest BCUT2D eigenvalue weighted by Crippen LogP contribution is -2.38. The number of methoxy groups -OCH3 is 1. The van der Waals surface area contributed by atoms with Gasteiger partial charge in [0.25, 0.3) is 0 Å². The molecule has 0 atom stereocenters. The number of nitrogens with zero attached hydrogens (tertiary/aromatic N) is 1. The van der Waals surface area contributed by atoms with Crippen molar-refractivity contribution in [3.05, 3.63) is 29.8 Å². The van der Waals surface area contributed by atoms with Crippen molar-refractivity contribution in [1.82, 2.24) is 10.6 Å². The van der Waals surface area contributed by atoms with Gasteiger partial charge in [-0.1, -0.05) is 19.1 Å². The average Bonchev–Trinajstić information content (AvgIpc) is 2.54. The van der Waals surface area contributed by atoms with E-state index in [-0.39, 0.29) is 24.0 Å². The van der Waals surface area contributed by atoms with E-state index >= 15 is 0 Å². The molecule has 6 heteroatoms. The number of benzene rings is 1. The zero-order valence-electron chi connectivity index (χ0n) is 13.7. The van der Waals surface area contributed by atoms with Crippen LogP contribution in [-0.2, 0) is 11.3 Å². The number of ether oxygens (including phenoxy) is 2. The van der Waals surface area contributed by atoms with E-state index in [0.29, 0.717) is 6.61 Å². The molecule has 0 spiro atoms. The Labute approximate surface area is 150 Å². The highest BCUT2D eigenvalue weighted by Crippen LogP contribution is 2.11. The second kappa shape index (κ2) is 13.6. The molecule has 0 fully saturated rings. The van der Waals surface area contributed by atoms with Gasteiger partial charge in [0.2, 0.25) is 0 Å². The summed E-state index contributed by atoms with van der Waals surface area (Å²) >= 11 is 0. The average molecular weight is 421 g/mol. The molecule has 0 radical (unpaired) electrons. The van der Waals surface area contributed by atoms with Crippen LogP contribution in [0, 0.1) is 0 Å². The number of halogens is 1. The first-order chi connectivity index (χ1) is 10.3. The Morgan fingerprint density at radius 3 is 2.41 bits per heavy atom. The van der Waals surface area contributed by atoms with Gasteiger partial charge in [-0.3, -0.25) is 4.99 Å². The number of nitrogens with one attached hydrogen (secondary N) is 2. The third-order valence-corrected chi connectivity index (χ3v) is 2.95. The molecule has 1 aromatic carbocycles. The Morgan fingerprint density at radius 1 is 1.14 bits per heavy atom. The van der Waals surface area contributed by atoms with Crippen LogP contribution in [-0.4, -0.2) is 39.8 Å². The van der Waals surface area contributed by atoms with Crippen molar-refractivity contribution in [1.29, 1.82) is 0 Å². The summed E-state index contributed by atoms with van der Waals surface area (Å²) in [5.41, 5.74) is 1.16. The van der Waals surface area contributed by atoms with E-state index in [1.54, 1.807) is 14.2 Å². The zero-order chi connectivity index (χ0) is 15.3. The molecule has 0 aliphatic heterocycles. The molecule has 5 nitrogen and oxygen atoms in total. The van der Waals surface area contributed by atoms with Crippen LogP contribution in [0.5, 0.6) is 5.75 Å². The second-order valence-corrected chi connectivity index (χ2v) is 4.68. The quantitative estimate of drug-likeness (QED) is 0.279. The number of aliphatic imine (C=N–C) groups is 1. The predicted octanol–water partition coefficient (Wildman–Crippen LogP) is 2.79. The lowest BCUT2D eigenvalue weighted by Gasteiger charge is -2.11.